The second-order valence-corrected chi connectivity index (χ2v) is 6.78. The fraction of sp³-hybridized carbons (Fsp3) is 0.909. The van der Waals surface area contributed by atoms with Gasteiger partial charge in [0.1, 0.15) is 0 Å². The van der Waals surface area contributed by atoms with Crippen LogP contribution >= 0.6 is 0 Å². The lowest BCUT2D eigenvalue weighted by Gasteiger charge is -2.42. The van der Waals surface area contributed by atoms with Crippen LogP contribution in [0.1, 0.15) is 6.92 Å². The third-order valence-corrected chi connectivity index (χ3v) is 5.30. The summed E-state index contributed by atoms with van der Waals surface area (Å²) in [5.74, 6) is -1.22. The van der Waals surface area contributed by atoms with Crippen LogP contribution in [0.2, 0.25) is 0 Å². The van der Waals surface area contributed by atoms with Crippen molar-refractivity contribution >= 4 is 16.0 Å². The Labute approximate surface area is 113 Å². The van der Waals surface area contributed by atoms with Crippen molar-refractivity contribution in [2.75, 3.05) is 51.6 Å². The minimum Gasteiger partial charge on any atom is -0.465 e. The highest BCUT2D eigenvalue weighted by atomic mass is 32.2. The van der Waals surface area contributed by atoms with Crippen LogP contribution in [0, 0.1) is 0 Å². The molecule has 0 spiro atoms. The highest BCUT2D eigenvalue weighted by molar-refractivity contribution is 7.89. The first-order valence-electron chi connectivity index (χ1n) is 6.61. The van der Waals surface area contributed by atoms with Gasteiger partial charge in [-0.05, 0) is 6.92 Å². The summed E-state index contributed by atoms with van der Waals surface area (Å²) < 4.78 is 30.1. The van der Waals surface area contributed by atoms with Gasteiger partial charge < -0.3 is 10.1 Å². The predicted molar refractivity (Wildman–Crippen MR) is 70.2 cm³/mol. The van der Waals surface area contributed by atoms with Crippen LogP contribution in [0.4, 0.5) is 0 Å². The van der Waals surface area contributed by atoms with Crippen molar-refractivity contribution in [3.05, 3.63) is 0 Å². The Balaban J connectivity index is 1.83. The predicted octanol–water partition coefficient (Wildman–Crippen LogP) is -1.53. The van der Waals surface area contributed by atoms with E-state index >= 15 is 0 Å². The van der Waals surface area contributed by atoms with Crippen molar-refractivity contribution in [1.82, 2.24) is 14.5 Å². The summed E-state index contributed by atoms with van der Waals surface area (Å²) in [6, 6.07) is 0.537. The highest BCUT2D eigenvalue weighted by Gasteiger charge is 2.33. The molecule has 19 heavy (non-hydrogen) atoms. The van der Waals surface area contributed by atoms with Crippen molar-refractivity contribution < 1.29 is 17.9 Å². The summed E-state index contributed by atoms with van der Waals surface area (Å²) in [7, 11) is -3.53. The molecule has 0 saturated carbocycles. The lowest BCUT2D eigenvalue weighted by Crippen LogP contribution is -2.62. The zero-order chi connectivity index (χ0) is 13.9. The topological polar surface area (TPSA) is 79.0 Å². The number of piperazine rings is 1. The molecule has 7 nitrogen and oxygen atoms in total. The molecule has 2 saturated heterocycles. The molecule has 110 valence electrons. The van der Waals surface area contributed by atoms with Gasteiger partial charge in [-0.15, -0.1) is 0 Å². The van der Waals surface area contributed by atoms with Gasteiger partial charge in [0, 0.05) is 45.3 Å². The number of nitrogens with zero attached hydrogens (tertiary/aromatic N) is 2. The quantitative estimate of drug-likeness (QED) is 0.619. The van der Waals surface area contributed by atoms with Gasteiger partial charge in [0.2, 0.25) is 10.0 Å². The Morgan fingerprint density at radius 3 is 2.37 bits per heavy atom. The Morgan fingerprint density at radius 1 is 1.26 bits per heavy atom. The number of ether oxygens (including phenoxy) is 1. The monoisotopic (exact) mass is 291 g/mol. The number of rotatable bonds is 5. The molecule has 0 aromatic rings. The Kier molecular flexibility index (Phi) is 4.77. The lowest BCUT2D eigenvalue weighted by molar-refractivity contribution is -0.140. The summed E-state index contributed by atoms with van der Waals surface area (Å²) in [4.78, 5) is 13.6. The van der Waals surface area contributed by atoms with Crippen LogP contribution in [0.25, 0.3) is 0 Å². The van der Waals surface area contributed by atoms with Crippen molar-refractivity contribution in [2.24, 2.45) is 0 Å². The van der Waals surface area contributed by atoms with Gasteiger partial charge in [-0.25, -0.2) is 8.42 Å². The minimum absolute atomic E-state index is 0.205. The van der Waals surface area contributed by atoms with Crippen molar-refractivity contribution in [1.29, 1.82) is 0 Å². The van der Waals surface area contributed by atoms with Crippen LogP contribution < -0.4 is 5.32 Å². The van der Waals surface area contributed by atoms with E-state index in [1.165, 1.54) is 4.31 Å². The molecule has 8 heteroatoms. The van der Waals surface area contributed by atoms with E-state index in [1.807, 2.05) is 0 Å². The molecule has 0 aromatic carbocycles. The number of hydrogen-bond acceptors (Lipinski definition) is 6. The molecule has 2 fully saturated rings. The first kappa shape index (κ1) is 14.7. The second kappa shape index (κ2) is 6.17. The van der Waals surface area contributed by atoms with Gasteiger partial charge >= 0.3 is 5.97 Å². The van der Waals surface area contributed by atoms with E-state index in [9.17, 15) is 13.2 Å². The van der Waals surface area contributed by atoms with Gasteiger partial charge in [-0.2, -0.15) is 4.31 Å². The molecule has 1 N–H and O–H groups in total. The Morgan fingerprint density at radius 2 is 1.89 bits per heavy atom. The number of carbonyl (C=O) groups excluding carboxylic acids is 1. The van der Waals surface area contributed by atoms with E-state index in [4.69, 9.17) is 4.74 Å². The highest BCUT2D eigenvalue weighted by Crippen LogP contribution is 2.13. The number of hydrogen-bond donors (Lipinski definition) is 1. The van der Waals surface area contributed by atoms with Crippen LogP contribution in [0.5, 0.6) is 0 Å². The molecule has 2 aliphatic heterocycles. The van der Waals surface area contributed by atoms with E-state index < -0.39 is 21.7 Å². The molecule has 0 radical (unpaired) electrons. The average molecular weight is 291 g/mol. The maximum atomic E-state index is 12.0. The summed E-state index contributed by atoms with van der Waals surface area (Å²) in [5, 5.41) is 3.21. The van der Waals surface area contributed by atoms with Crippen LogP contribution in [-0.4, -0.2) is 81.3 Å². The van der Waals surface area contributed by atoms with Gasteiger partial charge in [-0.3, -0.25) is 9.69 Å². The van der Waals surface area contributed by atoms with Crippen LogP contribution in [0.15, 0.2) is 0 Å². The largest absolute Gasteiger partial charge is 0.465 e. The Hall–Kier alpha value is -0.700. The molecular formula is C11H21N3O4S. The SMILES string of the molecule is CCOC(=O)CS(=O)(=O)N1CCN(C2CNC2)CC1. The molecule has 0 atom stereocenters. The van der Waals surface area contributed by atoms with Crippen molar-refractivity contribution in [2.45, 2.75) is 13.0 Å². The maximum Gasteiger partial charge on any atom is 0.322 e. The van der Waals surface area contributed by atoms with Gasteiger partial charge in [0.05, 0.1) is 6.61 Å². The standard InChI is InChI=1S/C11H21N3O4S/c1-2-18-11(15)9-19(16,17)14-5-3-13(4-6-14)10-7-12-8-10/h10,12H,2-9H2,1H3. The first-order chi connectivity index (χ1) is 9.03. The summed E-state index contributed by atoms with van der Waals surface area (Å²) >= 11 is 0. The van der Waals surface area contributed by atoms with E-state index in [1.54, 1.807) is 6.92 Å². The normalized spacial score (nSPS) is 23.0. The summed E-state index contributed by atoms with van der Waals surface area (Å²) in [6.07, 6.45) is 0. The second-order valence-electron chi connectivity index (χ2n) is 4.81. The molecule has 0 bridgehead atoms. The van der Waals surface area contributed by atoms with E-state index in [2.05, 4.69) is 10.2 Å². The first-order valence-corrected chi connectivity index (χ1v) is 8.22. The van der Waals surface area contributed by atoms with E-state index in [0.29, 0.717) is 19.1 Å². The third kappa shape index (κ3) is 3.65. The average Bonchev–Trinajstić information content (AvgIpc) is 2.27. The summed E-state index contributed by atoms with van der Waals surface area (Å²) in [5.41, 5.74) is 0. The molecule has 0 aromatic heterocycles. The number of esters is 1. The molecular weight excluding hydrogens is 270 g/mol. The van der Waals surface area contributed by atoms with Gasteiger partial charge in [-0.1, -0.05) is 0 Å². The third-order valence-electron chi connectivity index (χ3n) is 3.55. The van der Waals surface area contributed by atoms with Crippen molar-refractivity contribution in [3.63, 3.8) is 0 Å². The van der Waals surface area contributed by atoms with Gasteiger partial charge in [0.25, 0.3) is 0 Å². The molecule has 0 unspecified atom stereocenters. The van der Waals surface area contributed by atoms with Crippen LogP contribution in [0.3, 0.4) is 0 Å². The van der Waals surface area contributed by atoms with Crippen molar-refractivity contribution in [3.8, 4) is 0 Å². The maximum absolute atomic E-state index is 12.0. The number of nitrogens with one attached hydrogen (secondary N) is 1. The molecule has 2 rings (SSSR count). The van der Waals surface area contributed by atoms with E-state index in [-0.39, 0.29) is 6.61 Å². The number of sulfonamides is 1. The Bertz CT molecular complexity index is 414. The lowest BCUT2D eigenvalue weighted by atomic mass is 10.1. The fourth-order valence-electron chi connectivity index (χ4n) is 2.32. The molecule has 0 amide bonds. The molecule has 0 aliphatic carbocycles. The van der Waals surface area contributed by atoms with E-state index in [0.717, 1.165) is 26.2 Å². The zero-order valence-electron chi connectivity index (χ0n) is 11.2. The van der Waals surface area contributed by atoms with Gasteiger partial charge in [0.15, 0.2) is 5.75 Å². The number of carbonyl (C=O) groups is 1. The smallest absolute Gasteiger partial charge is 0.322 e. The minimum atomic E-state index is -3.53. The fourth-order valence-corrected chi connectivity index (χ4v) is 3.60. The zero-order valence-corrected chi connectivity index (χ0v) is 12.0. The van der Waals surface area contributed by atoms with Crippen LogP contribution in [-0.2, 0) is 19.6 Å². The molecule has 2 aliphatic rings. The summed E-state index contributed by atoms with van der Waals surface area (Å²) in [6.45, 7) is 6.21. The molecule has 2 heterocycles.